The average molecular weight is 186 g/mol. The van der Waals surface area contributed by atoms with Gasteiger partial charge in [-0.25, -0.2) is 0 Å². The molecule has 0 saturated carbocycles. The van der Waals surface area contributed by atoms with E-state index in [1.807, 2.05) is 30.5 Å². The van der Waals surface area contributed by atoms with E-state index >= 15 is 0 Å². The Balaban J connectivity index is 2.40. The molecule has 0 amide bonds. The number of aromatic amines is 1. The summed E-state index contributed by atoms with van der Waals surface area (Å²) in [6, 6.07) is 7.92. The first-order chi connectivity index (χ1) is 6.90. The molecule has 3 N–H and O–H groups in total. The molecule has 0 bridgehead atoms. The summed E-state index contributed by atoms with van der Waals surface area (Å²) < 4.78 is 0. The normalized spacial score (nSPS) is 10.9. The summed E-state index contributed by atoms with van der Waals surface area (Å²) in [7, 11) is 0. The van der Waals surface area contributed by atoms with Gasteiger partial charge in [0.2, 0.25) is 0 Å². The van der Waals surface area contributed by atoms with E-state index in [2.05, 4.69) is 15.3 Å². The molecule has 0 aliphatic heterocycles. The van der Waals surface area contributed by atoms with Crippen molar-refractivity contribution in [3.8, 4) is 11.1 Å². The molecule has 0 fully saturated rings. The minimum Gasteiger partial charge on any atom is -0.323 e. The predicted molar refractivity (Wildman–Crippen MR) is 55.8 cm³/mol. The summed E-state index contributed by atoms with van der Waals surface area (Å²) in [5, 5.41) is 10.1. The lowest BCUT2D eigenvalue weighted by atomic mass is 10.1. The van der Waals surface area contributed by atoms with Gasteiger partial charge in [-0.1, -0.05) is 18.2 Å². The van der Waals surface area contributed by atoms with E-state index in [9.17, 15) is 0 Å². The highest BCUT2D eigenvalue weighted by molar-refractivity contribution is 5.82. The van der Waals surface area contributed by atoms with Crippen LogP contribution < -0.4 is 5.84 Å². The van der Waals surface area contributed by atoms with Crippen LogP contribution in [0.25, 0.3) is 11.1 Å². The van der Waals surface area contributed by atoms with Crippen LogP contribution in [-0.4, -0.2) is 16.4 Å². The van der Waals surface area contributed by atoms with Crippen molar-refractivity contribution < 1.29 is 0 Å². The van der Waals surface area contributed by atoms with E-state index in [1.165, 1.54) is 0 Å². The fourth-order valence-electron chi connectivity index (χ4n) is 1.29. The zero-order valence-electron chi connectivity index (χ0n) is 7.51. The second-order valence-corrected chi connectivity index (χ2v) is 2.89. The van der Waals surface area contributed by atoms with Gasteiger partial charge >= 0.3 is 0 Å². The highest BCUT2D eigenvalue weighted by Gasteiger charge is 1.98. The summed E-state index contributed by atoms with van der Waals surface area (Å²) in [5.74, 6) is 5.08. The molecule has 0 radical (unpaired) electrons. The predicted octanol–water partition coefficient (Wildman–Crippen LogP) is 1.37. The van der Waals surface area contributed by atoms with Crippen LogP contribution in [0.2, 0.25) is 0 Å². The first kappa shape index (κ1) is 8.50. The monoisotopic (exact) mass is 186 g/mol. The van der Waals surface area contributed by atoms with Crippen LogP contribution in [0.3, 0.4) is 0 Å². The molecule has 2 aromatic rings. The van der Waals surface area contributed by atoms with Crippen molar-refractivity contribution in [1.29, 1.82) is 0 Å². The third kappa shape index (κ3) is 1.64. The molecule has 0 spiro atoms. The molecule has 1 aromatic carbocycles. The fraction of sp³-hybridized carbons (Fsp3) is 0. The van der Waals surface area contributed by atoms with Gasteiger partial charge in [-0.3, -0.25) is 5.10 Å². The van der Waals surface area contributed by atoms with E-state index in [0.717, 1.165) is 16.7 Å². The first-order valence-corrected chi connectivity index (χ1v) is 4.22. The first-order valence-electron chi connectivity index (χ1n) is 4.22. The lowest BCUT2D eigenvalue weighted by Gasteiger charge is -1.97. The molecule has 1 aromatic heterocycles. The molecule has 4 heteroatoms. The van der Waals surface area contributed by atoms with Gasteiger partial charge in [-0.15, -0.1) is 0 Å². The Morgan fingerprint density at radius 3 is 3.00 bits per heavy atom. The average Bonchev–Trinajstić information content (AvgIpc) is 2.71. The molecular formula is C10H10N4. The molecule has 0 aliphatic rings. The Kier molecular flexibility index (Phi) is 2.27. The quantitative estimate of drug-likeness (QED) is 0.422. The minimum atomic E-state index is 0.978. The van der Waals surface area contributed by atoms with Crippen molar-refractivity contribution in [2.75, 3.05) is 0 Å². The number of H-pyrrole nitrogens is 1. The molecule has 0 atom stereocenters. The van der Waals surface area contributed by atoms with Crippen molar-refractivity contribution in [3.63, 3.8) is 0 Å². The molecule has 70 valence electrons. The molecular weight excluding hydrogens is 176 g/mol. The van der Waals surface area contributed by atoms with Gasteiger partial charge < -0.3 is 5.84 Å². The Morgan fingerprint density at radius 1 is 1.36 bits per heavy atom. The van der Waals surface area contributed by atoms with Gasteiger partial charge in [-0.05, 0) is 17.2 Å². The number of nitrogens with zero attached hydrogens (tertiary/aromatic N) is 2. The molecule has 1 heterocycles. The highest BCUT2D eigenvalue weighted by atomic mass is 15.1. The van der Waals surface area contributed by atoms with Crippen molar-refractivity contribution in [3.05, 3.63) is 42.2 Å². The highest BCUT2D eigenvalue weighted by Crippen LogP contribution is 2.17. The Morgan fingerprint density at radius 2 is 2.29 bits per heavy atom. The number of nitrogens with two attached hydrogens (primary N) is 1. The van der Waals surface area contributed by atoms with E-state index in [0.29, 0.717) is 0 Å². The van der Waals surface area contributed by atoms with Gasteiger partial charge in [0.05, 0.1) is 12.4 Å². The standard InChI is InChI=1S/C10H10N4/c11-12-5-8-2-1-3-9(4-8)10-6-13-14-7-10/h1-7H,11H2,(H,13,14). The summed E-state index contributed by atoms with van der Waals surface area (Å²) in [4.78, 5) is 0. The number of rotatable bonds is 2. The van der Waals surface area contributed by atoms with Gasteiger partial charge in [0, 0.05) is 11.8 Å². The van der Waals surface area contributed by atoms with Crippen LogP contribution in [-0.2, 0) is 0 Å². The summed E-state index contributed by atoms with van der Waals surface area (Å²) in [6.07, 6.45) is 5.24. The van der Waals surface area contributed by atoms with E-state index in [1.54, 1.807) is 12.4 Å². The van der Waals surface area contributed by atoms with E-state index in [4.69, 9.17) is 5.84 Å². The minimum absolute atomic E-state index is 0.978. The Hall–Kier alpha value is -2.10. The summed E-state index contributed by atoms with van der Waals surface area (Å²) in [5.41, 5.74) is 3.12. The van der Waals surface area contributed by atoms with Crippen LogP contribution in [0.15, 0.2) is 41.8 Å². The zero-order valence-corrected chi connectivity index (χ0v) is 7.51. The second kappa shape index (κ2) is 3.74. The number of benzene rings is 1. The van der Waals surface area contributed by atoms with Crippen molar-refractivity contribution in [1.82, 2.24) is 10.2 Å². The number of hydrogen-bond donors (Lipinski definition) is 2. The number of hydrogen-bond acceptors (Lipinski definition) is 3. The smallest absolute Gasteiger partial charge is 0.0565 e. The Labute approximate surface area is 81.5 Å². The van der Waals surface area contributed by atoms with Gasteiger partial charge in [0.1, 0.15) is 0 Å². The number of hydrazone groups is 1. The topological polar surface area (TPSA) is 67.1 Å². The van der Waals surface area contributed by atoms with Crippen LogP contribution in [0.1, 0.15) is 5.56 Å². The molecule has 0 aliphatic carbocycles. The summed E-state index contributed by atoms with van der Waals surface area (Å²) >= 11 is 0. The van der Waals surface area contributed by atoms with Crippen LogP contribution in [0, 0.1) is 0 Å². The third-order valence-electron chi connectivity index (χ3n) is 1.94. The Bertz CT molecular complexity index is 431. The van der Waals surface area contributed by atoms with Gasteiger partial charge in [-0.2, -0.15) is 10.2 Å². The fourth-order valence-corrected chi connectivity index (χ4v) is 1.29. The maximum atomic E-state index is 5.08. The number of nitrogens with one attached hydrogen (secondary N) is 1. The summed E-state index contributed by atoms with van der Waals surface area (Å²) in [6.45, 7) is 0. The SMILES string of the molecule is NN=Cc1cccc(-c2cn[nH]c2)c1. The largest absolute Gasteiger partial charge is 0.323 e. The van der Waals surface area contributed by atoms with Crippen LogP contribution >= 0.6 is 0 Å². The lowest BCUT2D eigenvalue weighted by Crippen LogP contribution is -1.86. The maximum absolute atomic E-state index is 5.08. The van der Waals surface area contributed by atoms with E-state index < -0.39 is 0 Å². The molecule has 4 nitrogen and oxygen atoms in total. The third-order valence-corrected chi connectivity index (χ3v) is 1.94. The maximum Gasteiger partial charge on any atom is 0.0565 e. The van der Waals surface area contributed by atoms with E-state index in [-0.39, 0.29) is 0 Å². The molecule has 0 unspecified atom stereocenters. The van der Waals surface area contributed by atoms with Gasteiger partial charge in [0.15, 0.2) is 0 Å². The molecule has 0 saturated heterocycles. The molecule has 14 heavy (non-hydrogen) atoms. The molecule has 2 rings (SSSR count). The van der Waals surface area contributed by atoms with Crippen molar-refractivity contribution >= 4 is 6.21 Å². The van der Waals surface area contributed by atoms with Crippen molar-refractivity contribution in [2.24, 2.45) is 10.9 Å². The van der Waals surface area contributed by atoms with Crippen LogP contribution in [0.4, 0.5) is 0 Å². The lowest BCUT2D eigenvalue weighted by molar-refractivity contribution is 1.09. The number of aromatic nitrogens is 2. The van der Waals surface area contributed by atoms with Crippen molar-refractivity contribution in [2.45, 2.75) is 0 Å². The van der Waals surface area contributed by atoms with Crippen LogP contribution in [0.5, 0.6) is 0 Å². The van der Waals surface area contributed by atoms with Gasteiger partial charge in [0.25, 0.3) is 0 Å². The zero-order chi connectivity index (χ0) is 9.80. The second-order valence-electron chi connectivity index (χ2n) is 2.89.